The van der Waals surface area contributed by atoms with Gasteiger partial charge in [-0.1, -0.05) is 0 Å². The Morgan fingerprint density at radius 2 is 2.33 bits per heavy atom. The Morgan fingerprint density at radius 3 is 3.08 bits per heavy atom. The van der Waals surface area contributed by atoms with Gasteiger partial charge in [-0.3, -0.25) is 0 Å². The largest absolute Gasteiger partial charge is 0.493 e. The molecular formula is C9H10INO. The van der Waals surface area contributed by atoms with Crippen LogP contribution in [0.2, 0.25) is 0 Å². The van der Waals surface area contributed by atoms with Gasteiger partial charge in [-0.2, -0.15) is 0 Å². The SMILES string of the molecule is CN(I)c1ccc2c(c1)CCO2. The first kappa shape index (κ1) is 8.16. The molecule has 1 aromatic carbocycles. The zero-order valence-corrected chi connectivity index (χ0v) is 9.04. The molecule has 0 atom stereocenters. The molecular weight excluding hydrogens is 265 g/mol. The number of hydrogen-bond donors (Lipinski definition) is 0. The Balaban J connectivity index is 2.39. The van der Waals surface area contributed by atoms with Crippen molar-refractivity contribution in [2.45, 2.75) is 6.42 Å². The molecule has 0 N–H and O–H groups in total. The van der Waals surface area contributed by atoms with Gasteiger partial charge in [-0.25, -0.2) is 0 Å². The molecule has 1 aliphatic rings. The van der Waals surface area contributed by atoms with E-state index in [-0.39, 0.29) is 0 Å². The fraction of sp³-hybridized carbons (Fsp3) is 0.333. The molecule has 0 unspecified atom stereocenters. The van der Waals surface area contributed by atoms with Gasteiger partial charge in [-0.05, 0) is 23.8 Å². The molecule has 1 heterocycles. The summed E-state index contributed by atoms with van der Waals surface area (Å²) >= 11 is 2.27. The Labute approximate surface area is 86.0 Å². The molecule has 0 amide bonds. The summed E-state index contributed by atoms with van der Waals surface area (Å²) in [4.78, 5) is 0. The molecule has 0 aliphatic carbocycles. The number of nitrogens with zero attached hydrogens (tertiary/aromatic N) is 1. The van der Waals surface area contributed by atoms with E-state index in [0.717, 1.165) is 18.8 Å². The summed E-state index contributed by atoms with van der Waals surface area (Å²) in [7, 11) is 2.04. The standard InChI is InChI=1S/C9H10INO/c1-11(10)8-2-3-9-7(6-8)4-5-12-9/h2-3,6H,4-5H2,1H3. The molecule has 0 saturated heterocycles. The van der Waals surface area contributed by atoms with Gasteiger partial charge in [0.15, 0.2) is 0 Å². The average molecular weight is 275 g/mol. The number of fused-ring (bicyclic) bond motifs is 1. The second-order valence-electron chi connectivity index (χ2n) is 2.87. The lowest BCUT2D eigenvalue weighted by Crippen LogP contribution is -1.98. The lowest BCUT2D eigenvalue weighted by atomic mass is 10.1. The molecule has 0 spiro atoms. The number of ether oxygens (including phenoxy) is 1. The van der Waals surface area contributed by atoms with Crippen molar-refractivity contribution in [2.75, 3.05) is 16.8 Å². The first-order valence-electron chi connectivity index (χ1n) is 3.92. The molecule has 0 fully saturated rings. The van der Waals surface area contributed by atoms with Gasteiger partial charge in [0.25, 0.3) is 0 Å². The highest BCUT2D eigenvalue weighted by atomic mass is 127. The van der Waals surface area contributed by atoms with Crippen molar-refractivity contribution in [2.24, 2.45) is 0 Å². The zero-order chi connectivity index (χ0) is 8.55. The van der Waals surface area contributed by atoms with Gasteiger partial charge in [0, 0.05) is 19.2 Å². The van der Waals surface area contributed by atoms with Crippen molar-refractivity contribution in [1.29, 1.82) is 0 Å². The van der Waals surface area contributed by atoms with E-state index in [2.05, 4.69) is 38.1 Å². The van der Waals surface area contributed by atoms with E-state index in [1.807, 2.05) is 13.1 Å². The van der Waals surface area contributed by atoms with Crippen LogP contribution in [0.5, 0.6) is 5.75 Å². The van der Waals surface area contributed by atoms with Crippen LogP contribution >= 0.6 is 22.9 Å². The Hall–Kier alpha value is -0.450. The number of benzene rings is 1. The predicted molar refractivity (Wildman–Crippen MR) is 58.1 cm³/mol. The highest BCUT2D eigenvalue weighted by molar-refractivity contribution is 14.1. The topological polar surface area (TPSA) is 12.5 Å². The minimum atomic E-state index is 0.837. The molecule has 0 radical (unpaired) electrons. The summed E-state index contributed by atoms with van der Waals surface area (Å²) in [5.41, 5.74) is 2.57. The van der Waals surface area contributed by atoms with Crippen LogP contribution in [0.4, 0.5) is 5.69 Å². The third-order valence-electron chi connectivity index (χ3n) is 2.03. The van der Waals surface area contributed by atoms with Crippen LogP contribution in [0.25, 0.3) is 0 Å². The summed E-state index contributed by atoms with van der Waals surface area (Å²) in [5.74, 6) is 1.05. The smallest absolute Gasteiger partial charge is 0.122 e. The fourth-order valence-electron chi connectivity index (χ4n) is 1.36. The maximum atomic E-state index is 5.41. The summed E-state index contributed by atoms with van der Waals surface area (Å²) in [5, 5.41) is 0. The van der Waals surface area contributed by atoms with Crippen LogP contribution in [-0.2, 0) is 6.42 Å². The number of rotatable bonds is 1. The highest BCUT2D eigenvalue weighted by Gasteiger charge is 2.12. The predicted octanol–water partition coefficient (Wildman–Crippen LogP) is 2.41. The number of halogens is 1. The van der Waals surface area contributed by atoms with Crippen LogP contribution < -0.4 is 7.85 Å². The van der Waals surface area contributed by atoms with Crippen LogP contribution in [0.3, 0.4) is 0 Å². The third kappa shape index (κ3) is 1.37. The third-order valence-corrected chi connectivity index (χ3v) is 2.59. The summed E-state index contributed by atoms with van der Waals surface area (Å²) in [6, 6.07) is 6.32. The average Bonchev–Trinajstić information content (AvgIpc) is 2.49. The lowest BCUT2D eigenvalue weighted by Gasteiger charge is -2.10. The van der Waals surface area contributed by atoms with Gasteiger partial charge in [-0.15, -0.1) is 0 Å². The van der Waals surface area contributed by atoms with E-state index < -0.39 is 0 Å². The molecule has 1 aliphatic heterocycles. The molecule has 2 nitrogen and oxygen atoms in total. The van der Waals surface area contributed by atoms with Crippen LogP contribution in [0.15, 0.2) is 18.2 Å². The minimum Gasteiger partial charge on any atom is -0.493 e. The van der Waals surface area contributed by atoms with Crippen molar-refractivity contribution in [3.63, 3.8) is 0 Å². The van der Waals surface area contributed by atoms with Gasteiger partial charge >= 0.3 is 0 Å². The first-order chi connectivity index (χ1) is 5.77. The molecule has 1 aromatic rings. The molecule has 3 heteroatoms. The maximum absolute atomic E-state index is 5.41. The van der Waals surface area contributed by atoms with Gasteiger partial charge in [0.05, 0.1) is 29.5 Å². The minimum absolute atomic E-state index is 0.837. The molecule has 64 valence electrons. The molecule has 0 aromatic heterocycles. The van der Waals surface area contributed by atoms with Crippen LogP contribution in [0.1, 0.15) is 5.56 Å². The van der Waals surface area contributed by atoms with Crippen molar-refractivity contribution in [3.05, 3.63) is 23.8 Å². The van der Waals surface area contributed by atoms with E-state index in [1.165, 1.54) is 11.3 Å². The number of hydrogen-bond acceptors (Lipinski definition) is 2. The zero-order valence-electron chi connectivity index (χ0n) is 6.88. The van der Waals surface area contributed by atoms with Crippen molar-refractivity contribution < 1.29 is 4.74 Å². The highest BCUT2D eigenvalue weighted by Crippen LogP contribution is 2.29. The van der Waals surface area contributed by atoms with E-state index >= 15 is 0 Å². The molecule has 0 bridgehead atoms. The second-order valence-corrected chi connectivity index (χ2v) is 4.31. The molecule has 2 rings (SSSR count). The quantitative estimate of drug-likeness (QED) is 0.576. The van der Waals surface area contributed by atoms with Gasteiger partial charge in [0.2, 0.25) is 0 Å². The van der Waals surface area contributed by atoms with Crippen LogP contribution in [-0.4, -0.2) is 13.7 Å². The van der Waals surface area contributed by atoms with Crippen molar-refractivity contribution >= 4 is 28.6 Å². The molecule has 12 heavy (non-hydrogen) atoms. The van der Waals surface area contributed by atoms with E-state index in [9.17, 15) is 0 Å². The van der Waals surface area contributed by atoms with Gasteiger partial charge in [0.1, 0.15) is 5.75 Å². The Kier molecular flexibility index (Phi) is 2.12. The summed E-state index contributed by atoms with van der Waals surface area (Å²) in [6.45, 7) is 0.837. The Morgan fingerprint density at radius 1 is 1.50 bits per heavy atom. The molecule has 0 saturated carbocycles. The monoisotopic (exact) mass is 275 g/mol. The summed E-state index contributed by atoms with van der Waals surface area (Å²) in [6.07, 6.45) is 1.05. The normalized spacial score (nSPS) is 13.8. The van der Waals surface area contributed by atoms with E-state index in [1.54, 1.807) is 0 Å². The maximum Gasteiger partial charge on any atom is 0.122 e. The first-order valence-corrected chi connectivity index (χ1v) is 4.89. The van der Waals surface area contributed by atoms with Gasteiger partial charge < -0.3 is 7.85 Å². The fourth-order valence-corrected chi connectivity index (χ4v) is 1.66. The van der Waals surface area contributed by atoms with Crippen molar-refractivity contribution in [3.8, 4) is 5.75 Å². The lowest BCUT2D eigenvalue weighted by molar-refractivity contribution is 0.357. The summed E-state index contributed by atoms with van der Waals surface area (Å²) < 4.78 is 7.49. The van der Waals surface area contributed by atoms with Crippen LogP contribution in [0, 0.1) is 0 Å². The Bertz CT molecular complexity index is 299. The van der Waals surface area contributed by atoms with Crippen molar-refractivity contribution in [1.82, 2.24) is 0 Å². The second kappa shape index (κ2) is 3.12. The van der Waals surface area contributed by atoms with E-state index in [0.29, 0.717) is 0 Å². The van der Waals surface area contributed by atoms with E-state index in [4.69, 9.17) is 4.74 Å². The number of anilines is 1.